The zero-order chi connectivity index (χ0) is 9.97. The Morgan fingerprint density at radius 3 is 2.93 bits per heavy atom. The van der Waals surface area contributed by atoms with Gasteiger partial charge in [-0.05, 0) is 18.8 Å². The van der Waals surface area contributed by atoms with Crippen molar-refractivity contribution in [3.8, 4) is 0 Å². The molecule has 2 aliphatic heterocycles. The second-order valence-electron chi connectivity index (χ2n) is 4.32. The smallest absolute Gasteiger partial charge is 0.222 e. The fourth-order valence-corrected chi connectivity index (χ4v) is 2.13. The number of likely N-dealkylation sites (tertiary alicyclic amines) is 1. The molecule has 1 amide bonds. The molecule has 0 spiro atoms. The van der Waals surface area contributed by atoms with Gasteiger partial charge in [-0.25, -0.2) is 0 Å². The van der Waals surface area contributed by atoms with Gasteiger partial charge in [0.05, 0.1) is 0 Å². The van der Waals surface area contributed by atoms with Crippen molar-refractivity contribution in [3.63, 3.8) is 0 Å². The summed E-state index contributed by atoms with van der Waals surface area (Å²) in [5, 5.41) is 0. The lowest BCUT2D eigenvalue weighted by Crippen LogP contribution is -2.33. The minimum atomic E-state index is 0.193. The van der Waals surface area contributed by atoms with Crippen LogP contribution in [0.4, 0.5) is 0 Å². The van der Waals surface area contributed by atoms with Gasteiger partial charge in [-0.3, -0.25) is 4.79 Å². The zero-order valence-corrected chi connectivity index (χ0v) is 8.45. The monoisotopic (exact) mass is 198 g/mol. The lowest BCUT2D eigenvalue weighted by atomic mass is 10.0. The number of carbonyl (C=O) groups is 1. The molecule has 0 aromatic carbocycles. The molecule has 4 heteroatoms. The number of carbonyl (C=O) groups excluding carboxylic acids is 1. The summed E-state index contributed by atoms with van der Waals surface area (Å²) in [5.41, 5.74) is 5.75. The van der Waals surface area contributed by atoms with Crippen LogP contribution in [0, 0.1) is 5.92 Å². The van der Waals surface area contributed by atoms with Gasteiger partial charge in [0, 0.05) is 38.8 Å². The summed E-state index contributed by atoms with van der Waals surface area (Å²) in [5.74, 6) is 0.702. The molecular formula is C10H18N2O2. The fourth-order valence-electron chi connectivity index (χ4n) is 2.13. The van der Waals surface area contributed by atoms with E-state index in [1.54, 1.807) is 0 Å². The quantitative estimate of drug-likeness (QED) is 0.678. The van der Waals surface area contributed by atoms with Crippen LogP contribution in [0.25, 0.3) is 0 Å². The van der Waals surface area contributed by atoms with E-state index in [4.69, 9.17) is 10.5 Å². The Balaban J connectivity index is 1.77. The summed E-state index contributed by atoms with van der Waals surface area (Å²) < 4.78 is 5.25. The van der Waals surface area contributed by atoms with Crippen molar-refractivity contribution in [1.82, 2.24) is 4.90 Å². The van der Waals surface area contributed by atoms with Crippen molar-refractivity contribution in [2.75, 3.05) is 26.3 Å². The lowest BCUT2D eigenvalue weighted by molar-refractivity contribution is -0.131. The van der Waals surface area contributed by atoms with Crippen LogP contribution in [0.15, 0.2) is 0 Å². The molecule has 1 unspecified atom stereocenters. The largest absolute Gasteiger partial charge is 0.381 e. The van der Waals surface area contributed by atoms with Gasteiger partial charge in [-0.2, -0.15) is 0 Å². The highest BCUT2D eigenvalue weighted by Gasteiger charge is 2.26. The molecule has 2 N–H and O–H groups in total. The Kier molecular flexibility index (Phi) is 3.03. The van der Waals surface area contributed by atoms with Gasteiger partial charge in [0.1, 0.15) is 0 Å². The standard InChI is InChI=1S/C10H18N2O2/c11-9-1-3-12(6-9)10(13)5-8-2-4-14-7-8/h8-9H,1-7,11H2/t8?,9-/m0/s1. The summed E-state index contributed by atoms with van der Waals surface area (Å²) in [4.78, 5) is 13.7. The molecule has 2 heterocycles. The highest BCUT2D eigenvalue weighted by molar-refractivity contribution is 5.76. The molecule has 2 rings (SSSR count). The molecule has 2 fully saturated rings. The van der Waals surface area contributed by atoms with Crippen LogP contribution in [0.5, 0.6) is 0 Å². The van der Waals surface area contributed by atoms with E-state index in [2.05, 4.69) is 0 Å². The first-order chi connectivity index (χ1) is 6.75. The molecule has 4 nitrogen and oxygen atoms in total. The molecule has 2 aliphatic rings. The van der Waals surface area contributed by atoms with Crippen LogP contribution in [0.3, 0.4) is 0 Å². The lowest BCUT2D eigenvalue weighted by Gasteiger charge is -2.17. The van der Waals surface area contributed by atoms with Crippen LogP contribution >= 0.6 is 0 Å². The van der Waals surface area contributed by atoms with Gasteiger partial charge in [0.15, 0.2) is 0 Å². The third-order valence-corrected chi connectivity index (χ3v) is 3.06. The zero-order valence-electron chi connectivity index (χ0n) is 8.45. The molecule has 0 bridgehead atoms. The van der Waals surface area contributed by atoms with Crippen molar-refractivity contribution >= 4 is 5.91 Å². The Morgan fingerprint density at radius 2 is 2.36 bits per heavy atom. The highest BCUT2D eigenvalue weighted by Crippen LogP contribution is 2.19. The Bertz CT molecular complexity index is 214. The van der Waals surface area contributed by atoms with Crippen molar-refractivity contribution in [1.29, 1.82) is 0 Å². The average molecular weight is 198 g/mol. The van der Waals surface area contributed by atoms with Gasteiger partial charge in [-0.1, -0.05) is 0 Å². The summed E-state index contributed by atoms with van der Waals surface area (Å²) >= 11 is 0. The SMILES string of the molecule is N[C@H]1CCN(C(=O)CC2CCOC2)C1. The van der Waals surface area contributed by atoms with E-state index in [0.717, 1.165) is 39.1 Å². The highest BCUT2D eigenvalue weighted by atomic mass is 16.5. The number of rotatable bonds is 2. The maximum absolute atomic E-state index is 11.8. The van der Waals surface area contributed by atoms with Crippen molar-refractivity contribution in [2.45, 2.75) is 25.3 Å². The molecule has 14 heavy (non-hydrogen) atoms. The van der Waals surface area contributed by atoms with E-state index in [-0.39, 0.29) is 11.9 Å². The maximum atomic E-state index is 11.8. The van der Waals surface area contributed by atoms with E-state index < -0.39 is 0 Å². The molecule has 0 aromatic heterocycles. The van der Waals surface area contributed by atoms with Crippen molar-refractivity contribution in [2.24, 2.45) is 11.7 Å². The van der Waals surface area contributed by atoms with Crippen LogP contribution < -0.4 is 5.73 Å². The molecule has 80 valence electrons. The van der Waals surface area contributed by atoms with Gasteiger partial charge in [0.2, 0.25) is 5.91 Å². The third kappa shape index (κ3) is 2.25. The fraction of sp³-hybridized carbons (Fsp3) is 0.900. The molecule has 0 radical (unpaired) electrons. The molecule has 0 aliphatic carbocycles. The van der Waals surface area contributed by atoms with Crippen LogP contribution in [0.1, 0.15) is 19.3 Å². The normalized spacial score (nSPS) is 32.5. The summed E-state index contributed by atoms with van der Waals surface area (Å²) in [6.07, 6.45) is 2.63. The number of nitrogens with two attached hydrogens (primary N) is 1. The van der Waals surface area contributed by atoms with E-state index in [1.807, 2.05) is 4.90 Å². The van der Waals surface area contributed by atoms with Crippen LogP contribution in [-0.4, -0.2) is 43.2 Å². The van der Waals surface area contributed by atoms with Crippen molar-refractivity contribution in [3.05, 3.63) is 0 Å². The summed E-state index contributed by atoms with van der Waals surface area (Å²) in [7, 11) is 0. The number of ether oxygens (including phenoxy) is 1. The molecule has 2 atom stereocenters. The second kappa shape index (κ2) is 4.28. The number of amides is 1. The summed E-state index contributed by atoms with van der Waals surface area (Å²) in [6.45, 7) is 3.16. The Hall–Kier alpha value is -0.610. The molecule has 0 aromatic rings. The van der Waals surface area contributed by atoms with E-state index >= 15 is 0 Å². The van der Waals surface area contributed by atoms with Gasteiger partial charge >= 0.3 is 0 Å². The van der Waals surface area contributed by atoms with E-state index in [1.165, 1.54) is 0 Å². The van der Waals surface area contributed by atoms with E-state index in [0.29, 0.717) is 12.3 Å². The first-order valence-corrected chi connectivity index (χ1v) is 5.37. The molecular weight excluding hydrogens is 180 g/mol. The van der Waals surface area contributed by atoms with Gasteiger partial charge in [-0.15, -0.1) is 0 Å². The minimum Gasteiger partial charge on any atom is -0.381 e. The topological polar surface area (TPSA) is 55.6 Å². The number of nitrogens with zero attached hydrogens (tertiary/aromatic N) is 1. The van der Waals surface area contributed by atoms with Crippen molar-refractivity contribution < 1.29 is 9.53 Å². The molecule has 2 saturated heterocycles. The van der Waals surface area contributed by atoms with Crippen LogP contribution in [0.2, 0.25) is 0 Å². The first kappa shape index (κ1) is 9.93. The van der Waals surface area contributed by atoms with E-state index in [9.17, 15) is 4.79 Å². The predicted molar refractivity (Wildman–Crippen MR) is 52.7 cm³/mol. The number of hydrogen-bond donors (Lipinski definition) is 1. The predicted octanol–water partition coefficient (Wildman–Crippen LogP) is -0.0274. The Morgan fingerprint density at radius 1 is 1.50 bits per heavy atom. The Labute approximate surface area is 84.4 Å². The second-order valence-corrected chi connectivity index (χ2v) is 4.32. The third-order valence-electron chi connectivity index (χ3n) is 3.06. The van der Waals surface area contributed by atoms with Crippen LogP contribution in [-0.2, 0) is 9.53 Å². The average Bonchev–Trinajstić information content (AvgIpc) is 2.75. The molecule has 0 saturated carbocycles. The summed E-state index contributed by atoms with van der Waals surface area (Å²) in [6, 6.07) is 0.193. The van der Waals surface area contributed by atoms with Gasteiger partial charge in [0.25, 0.3) is 0 Å². The maximum Gasteiger partial charge on any atom is 0.222 e. The first-order valence-electron chi connectivity index (χ1n) is 5.37. The number of hydrogen-bond acceptors (Lipinski definition) is 3. The van der Waals surface area contributed by atoms with Gasteiger partial charge < -0.3 is 15.4 Å². The minimum absolute atomic E-state index is 0.193.